The molecule has 0 radical (unpaired) electrons. The van der Waals surface area contributed by atoms with Crippen LogP contribution in [0.1, 0.15) is 24.1 Å². The number of pyridine rings is 1. The maximum absolute atomic E-state index is 6.17. The van der Waals surface area contributed by atoms with Crippen LogP contribution in [0.4, 0.5) is 0 Å². The summed E-state index contributed by atoms with van der Waals surface area (Å²) in [5.74, 6) is 0.182. The van der Waals surface area contributed by atoms with E-state index in [1.807, 2.05) is 24.4 Å². The van der Waals surface area contributed by atoms with Crippen LogP contribution in [0.25, 0.3) is 16.9 Å². The molecule has 0 bridgehead atoms. The van der Waals surface area contributed by atoms with Gasteiger partial charge in [0.2, 0.25) is 0 Å². The number of hydrogen-bond donors (Lipinski definition) is 1. The molecule has 3 aromatic rings. The highest BCUT2D eigenvalue weighted by atomic mass is 35.5. The van der Waals surface area contributed by atoms with E-state index in [2.05, 4.69) is 24.3 Å². The van der Waals surface area contributed by atoms with Crippen molar-refractivity contribution >= 4 is 28.8 Å². The molecule has 0 saturated carbocycles. The monoisotopic (exact) mass is 333 g/mol. The van der Waals surface area contributed by atoms with Gasteiger partial charge in [0.1, 0.15) is 5.65 Å². The highest BCUT2D eigenvalue weighted by molar-refractivity contribution is 6.42. The number of benzene rings is 1. The Morgan fingerprint density at radius 2 is 2.00 bits per heavy atom. The Bertz CT molecular complexity index is 839. The van der Waals surface area contributed by atoms with E-state index in [1.165, 1.54) is 0 Å². The van der Waals surface area contributed by atoms with Crippen LogP contribution in [0.15, 0.2) is 36.5 Å². The summed E-state index contributed by atoms with van der Waals surface area (Å²) in [5.41, 5.74) is 10.9. The second kappa shape index (κ2) is 5.92. The molecule has 1 atom stereocenters. The summed E-state index contributed by atoms with van der Waals surface area (Å²) in [4.78, 5) is 4.83. The smallest absolute Gasteiger partial charge is 0.140 e. The predicted octanol–water partition coefficient (Wildman–Crippen LogP) is 4.68. The second-order valence-corrected chi connectivity index (χ2v) is 6.31. The number of nitrogens with zero attached hydrogens (tertiary/aromatic N) is 2. The fourth-order valence-electron chi connectivity index (χ4n) is 2.66. The normalized spacial score (nSPS) is 12.8. The van der Waals surface area contributed by atoms with Gasteiger partial charge >= 0.3 is 0 Å². The van der Waals surface area contributed by atoms with Gasteiger partial charge in [-0.1, -0.05) is 42.3 Å². The summed E-state index contributed by atoms with van der Waals surface area (Å²) in [6.07, 6.45) is 2.03. The van der Waals surface area contributed by atoms with E-state index >= 15 is 0 Å². The lowest BCUT2D eigenvalue weighted by molar-refractivity contribution is 0.738. The Hall–Kier alpha value is -1.55. The van der Waals surface area contributed by atoms with Crippen molar-refractivity contribution < 1.29 is 0 Å². The number of fused-ring (bicyclic) bond motifs is 1. The summed E-state index contributed by atoms with van der Waals surface area (Å²) in [7, 11) is 0. The lowest BCUT2D eigenvalue weighted by atomic mass is 10.0. The van der Waals surface area contributed by atoms with Gasteiger partial charge in [0, 0.05) is 24.2 Å². The number of aromatic nitrogens is 2. The maximum Gasteiger partial charge on any atom is 0.140 e. The first-order chi connectivity index (χ1) is 10.5. The van der Waals surface area contributed by atoms with Gasteiger partial charge in [0.05, 0.1) is 21.4 Å². The topological polar surface area (TPSA) is 43.3 Å². The predicted molar refractivity (Wildman–Crippen MR) is 92.9 cm³/mol. The summed E-state index contributed by atoms with van der Waals surface area (Å²) < 4.78 is 2.12. The fourth-order valence-corrected chi connectivity index (χ4v) is 2.96. The van der Waals surface area contributed by atoms with Crippen LogP contribution >= 0.6 is 23.2 Å². The molecule has 0 amide bonds. The number of aryl methyl sites for hydroxylation is 1. The van der Waals surface area contributed by atoms with Gasteiger partial charge < -0.3 is 10.1 Å². The molecule has 0 aliphatic rings. The van der Waals surface area contributed by atoms with Crippen LogP contribution < -0.4 is 5.73 Å². The molecule has 0 spiro atoms. The minimum Gasteiger partial charge on any atom is -0.330 e. The zero-order valence-corrected chi connectivity index (χ0v) is 14.0. The van der Waals surface area contributed by atoms with Crippen LogP contribution in [0.3, 0.4) is 0 Å². The first-order valence-corrected chi connectivity index (χ1v) is 7.91. The molecule has 2 N–H and O–H groups in total. The lowest BCUT2D eigenvalue weighted by Crippen LogP contribution is -2.12. The first-order valence-electron chi connectivity index (χ1n) is 7.16. The van der Waals surface area contributed by atoms with Gasteiger partial charge in [-0.3, -0.25) is 0 Å². The van der Waals surface area contributed by atoms with Crippen LogP contribution in [0.2, 0.25) is 10.0 Å². The molecule has 5 heteroatoms. The molecule has 114 valence electrons. The third-order valence-electron chi connectivity index (χ3n) is 3.90. The molecule has 22 heavy (non-hydrogen) atoms. The van der Waals surface area contributed by atoms with Crippen LogP contribution in [-0.4, -0.2) is 15.9 Å². The van der Waals surface area contributed by atoms with E-state index in [1.54, 1.807) is 6.07 Å². The SMILES string of the molecule is Cc1cccn2c(C(C)CN)c(-c3ccc(Cl)c(Cl)c3)nc12. The molecule has 1 unspecified atom stereocenters. The third kappa shape index (κ3) is 2.50. The standard InChI is InChI=1S/C17H17Cl2N3/c1-10-4-3-7-22-16(11(2)9-20)15(21-17(10)22)12-5-6-13(18)14(19)8-12/h3-8,11H,9,20H2,1-2H3. The van der Waals surface area contributed by atoms with E-state index in [0.29, 0.717) is 16.6 Å². The Morgan fingerprint density at radius 3 is 2.68 bits per heavy atom. The van der Waals surface area contributed by atoms with Crippen molar-refractivity contribution in [3.05, 3.63) is 57.8 Å². The minimum absolute atomic E-state index is 0.182. The molecule has 1 aromatic carbocycles. The van der Waals surface area contributed by atoms with E-state index in [9.17, 15) is 0 Å². The Morgan fingerprint density at radius 1 is 1.23 bits per heavy atom. The average Bonchev–Trinajstić information content (AvgIpc) is 2.90. The number of nitrogens with two attached hydrogens (primary N) is 1. The number of halogens is 2. The summed E-state index contributed by atoms with van der Waals surface area (Å²) in [6, 6.07) is 9.67. The Balaban J connectivity index is 2.32. The van der Waals surface area contributed by atoms with Gasteiger partial charge in [-0.2, -0.15) is 0 Å². The number of imidazole rings is 1. The third-order valence-corrected chi connectivity index (χ3v) is 4.63. The van der Waals surface area contributed by atoms with Crippen molar-refractivity contribution in [1.82, 2.24) is 9.38 Å². The van der Waals surface area contributed by atoms with Crippen molar-refractivity contribution in [1.29, 1.82) is 0 Å². The van der Waals surface area contributed by atoms with Gasteiger partial charge in [-0.15, -0.1) is 0 Å². The van der Waals surface area contributed by atoms with Crippen molar-refractivity contribution in [2.45, 2.75) is 19.8 Å². The molecule has 3 nitrogen and oxygen atoms in total. The fraction of sp³-hybridized carbons (Fsp3) is 0.235. The van der Waals surface area contributed by atoms with Gasteiger partial charge in [0.15, 0.2) is 0 Å². The average molecular weight is 334 g/mol. The molecular weight excluding hydrogens is 317 g/mol. The summed E-state index contributed by atoms with van der Waals surface area (Å²) in [6.45, 7) is 4.71. The quantitative estimate of drug-likeness (QED) is 0.756. The highest BCUT2D eigenvalue weighted by Crippen LogP contribution is 2.33. The first kappa shape index (κ1) is 15.3. The number of rotatable bonds is 3. The van der Waals surface area contributed by atoms with Gasteiger partial charge in [-0.05, 0) is 30.7 Å². The molecule has 2 aromatic heterocycles. The molecular formula is C17H17Cl2N3. The van der Waals surface area contributed by atoms with E-state index < -0.39 is 0 Å². The van der Waals surface area contributed by atoms with Crippen molar-refractivity contribution in [2.24, 2.45) is 5.73 Å². The minimum atomic E-state index is 0.182. The Kier molecular flexibility index (Phi) is 4.13. The van der Waals surface area contributed by atoms with Crippen molar-refractivity contribution in [3.8, 4) is 11.3 Å². The molecule has 0 fully saturated rings. The summed E-state index contributed by atoms with van der Waals surface area (Å²) in [5, 5.41) is 1.07. The lowest BCUT2D eigenvalue weighted by Gasteiger charge is -2.12. The molecule has 0 aliphatic heterocycles. The largest absolute Gasteiger partial charge is 0.330 e. The second-order valence-electron chi connectivity index (χ2n) is 5.50. The maximum atomic E-state index is 6.17. The van der Waals surface area contributed by atoms with Crippen LogP contribution in [-0.2, 0) is 0 Å². The van der Waals surface area contributed by atoms with Gasteiger partial charge in [-0.25, -0.2) is 4.98 Å². The molecule has 2 heterocycles. The molecule has 3 rings (SSSR count). The van der Waals surface area contributed by atoms with Crippen molar-refractivity contribution in [3.63, 3.8) is 0 Å². The summed E-state index contributed by atoms with van der Waals surface area (Å²) >= 11 is 12.2. The van der Waals surface area contributed by atoms with E-state index in [0.717, 1.165) is 28.2 Å². The highest BCUT2D eigenvalue weighted by Gasteiger charge is 2.19. The zero-order chi connectivity index (χ0) is 15.9. The molecule has 0 saturated heterocycles. The van der Waals surface area contributed by atoms with Crippen LogP contribution in [0, 0.1) is 6.92 Å². The Labute approximate surface area is 139 Å². The van der Waals surface area contributed by atoms with Crippen LogP contribution in [0.5, 0.6) is 0 Å². The number of hydrogen-bond acceptors (Lipinski definition) is 2. The van der Waals surface area contributed by atoms with Gasteiger partial charge in [0.25, 0.3) is 0 Å². The van der Waals surface area contributed by atoms with Crippen molar-refractivity contribution in [2.75, 3.05) is 6.54 Å². The zero-order valence-electron chi connectivity index (χ0n) is 12.5. The van der Waals surface area contributed by atoms with E-state index in [-0.39, 0.29) is 5.92 Å². The van der Waals surface area contributed by atoms with E-state index in [4.69, 9.17) is 33.9 Å². The molecule has 0 aliphatic carbocycles.